The third kappa shape index (κ3) is 5.40. The number of aromatic nitrogens is 1. The van der Waals surface area contributed by atoms with Gasteiger partial charge in [0.15, 0.2) is 12.4 Å². The molecule has 3 rings (SSSR count). The Bertz CT molecular complexity index is 827. The van der Waals surface area contributed by atoms with Crippen molar-refractivity contribution in [2.75, 3.05) is 19.0 Å². The molecule has 1 aromatic heterocycles. The third-order valence-electron chi connectivity index (χ3n) is 6.11. The number of hydrogen-bond donors (Lipinski definition) is 0. The van der Waals surface area contributed by atoms with Gasteiger partial charge in [-0.2, -0.15) is 17.2 Å². The van der Waals surface area contributed by atoms with E-state index in [0.717, 1.165) is 6.42 Å². The van der Waals surface area contributed by atoms with Crippen LogP contribution >= 0.6 is 0 Å². The summed E-state index contributed by atoms with van der Waals surface area (Å²) < 4.78 is 58.6. The Morgan fingerprint density at radius 2 is 1.87 bits per heavy atom. The van der Waals surface area contributed by atoms with Crippen molar-refractivity contribution >= 4 is 21.9 Å². The predicted molar refractivity (Wildman–Crippen MR) is 103 cm³/mol. The molecule has 2 fully saturated rings. The van der Waals surface area contributed by atoms with E-state index in [1.165, 1.54) is 0 Å². The highest BCUT2D eigenvalue weighted by Gasteiger charge is 2.65. The van der Waals surface area contributed by atoms with Gasteiger partial charge in [0.25, 0.3) is 10.1 Å². The molecule has 0 amide bonds. The molecule has 1 heterocycles. The first-order valence-electron chi connectivity index (χ1n) is 9.68. The highest BCUT2D eigenvalue weighted by Crippen LogP contribution is 2.64. The highest BCUT2D eigenvalue weighted by molar-refractivity contribution is 7.86. The molecule has 0 radical (unpaired) electrons. The Morgan fingerprint density at radius 1 is 1.23 bits per heavy atom. The average molecular weight is 449 g/mol. The molecule has 10 heteroatoms. The fourth-order valence-corrected chi connectivity index (χ4v) is 5.90. The SMILES string of the molecule is CC(F)(F)C(=O)OCCOS(=O)(=O)CC12CCC(CC1=O)C2(C)C.c1cc[nH+]cc1. The van der Waals surface area contributed by atoms with Gasteiger partial charge in [-0.25, -0.2) is 9.78 Å². The van der Waals surface area contributed by atoms with Crippen LogP contribution in [0.5, 0.6) is 0 Å². The number of carbonyl (C=O) groups excluding carboxylic acids is 2. The van der Waals surface area contributed by atoms with Crippen molar-refractivity contribution < 1.29 is 40.7 Å². The quantitative estimate of drug-likeness (QED) is 0.361. The Hall–Kier alpha value is -1.94. The number of alkyl halides is 2. The molecule has 2 unspecified atom stereocenters. The number of Topliss-reactive ketones (excluding diaryl/α,β-unsaturated/α-hetero) is 1. The molecule has 1 aromatic rings. The lowest BCUT2D eigenvalue weighted by atomic mass is 9.70. The third-order valence-corrected chi connectivity index (χ3v) is 7.48. The molecular weight excluding hydrogens is 420 g/mol. The summed E-state index contributed by atoms with van der Waals surface area (Å²) in [6.45, 7) is 3.02. The summed E-state index contributed by atoms with van der Waals surface area (Å²) in [4.78, 5) is 26.1. The molecule has 2 atom stereocenters. The number of rotatable bonds is 7. The van der Waals surface area contributed by atoms with Gasteiger partial charge in [0.1, 0.15) is 19.0 Å². The zero-order valence-electron chi connectivity index (χ0n) is 17.3. The number of halogens is 2. The average Bonchev–Trinajstić information content (AvgIpc) is 3.00. The summed E-state index contributed by atoms with van der Waals surface area (Å²) in [6.07, 6.45) is 5.44. The van der Waals surface area contributed by atoms with Crippen LogP contribution in [0.15, 0.2) is 30.6 Å². The number of carbonyl (C=O) groups is 2. The van der Waals surface area contributed by atoms with E-state index < -0.39 is 51.8 Å². The molecule has 1 N–H and O–H groups in total. The van der Waals surface area contributed by atoms with Crippen LogP contribution in [-0.2, 0) is 28.6 Å². The normalized spacial score (nSPS) is 24.8. The molecule has 168 valence electrons. The Balaban J connectivity index is 0.000000456. The summed E-state index contributed by atoms with van der Waals surface area (Å²) in [6, 6.07) is 5.86. The monoisotopic (exact) mass is 448 g/mol. The number of esters is 1. The minimum atomic E-state index is -4.05. The zero-order chi connectivity index (χ0) is 22.6. The van der Waals surface area contributed by atoms with E-state index in [0.29, 0.717) is 19.8 Å². The van der Waals surface area contributed by atoms with Crippen molar-refractivity contribution in [3.8, 4) is 0 Å². The topological polar surface area (TPSA) is 101 Å². The molecule has 0 aliphatic heterocycles. The van der Waals surface area contributed by atoms with Gasteiger partial charge in [-0.15, -0.1) is 0 Å². The molecular formula is C20H28F2NO6S+. The first-order chi connectivity index (χ1) is 13.8. The van der Waals surface area contributed by atoms with Gasteiger partial charge in [-0.1, -0.05) is 19.9 Å². The molecule has 0 spiro atoms. The van der Waals surface area contributed by atoms with Gasteiger partial charge in [0.05, 0.1) is 11.2 Å². The van der Waals surface area contributed by atoms with Crippen LogP contribution < -0.4 is 4.98 Å². The maximum atomic E-state index is 12.6. The predicted octanol–water partition coefficient (Wildman–Crippen LogP) is 2.43. The second-order valence-electron chi connectivity index (χ2n) is 8.29. The first kappa shape index (κ1) is 24.3. The van der Waals surface area contributed by atoms with Gasteiger partial charge < -0.3 is 4.74 Å². The number of hydrogen-bond acceptors (Lipinski definition) is 6. The lowest BCUT2D eigenvalue weighted by Crippen LogP contribution is -2.42. The summed E-state index contributed by atoms with van der Waals surface area (Å²) in [5.41, 5.74) is -1.37. The smallest absolute Gasteiger partial charge is 0.376 e. The lowest BCUT2D eigenvalue weighted by molar-refractivity contribution is -0.377. The molecule has 30 heavy (non-hydrogen) atoms. The second kappa shape index (κ2) is 9.05. The minimum absolute atomic E-state index is 0.0621. The van der Waals surface area contributed by atoms with E-state index >= 15 is 0 Å². The molecule has 7 nitrogen and oxygen atoms in total. The summed E-state index contributed by atoms with van der Waals surface area (Å²) in [5, 5.41) is 0. The number of ketones is 1. The van der Waals surface area contributed by atoms with Gasteiger partial charge in [-0.3, -0.25) is 8.98 Å². The molecule has 0 aromatic carbocycles. The maximum absolute atomic E-state index is 12.6. The van der Waals surface area contributed by atoms with E-state index in [1.807, 2.05) is 44.4 Å². The highest BCUT2D eigenvalue weighted by atomic mass is 32.2. The van der Waals surface area contributed by atoms with Crippen LogP contribution in [0.3, 0.4) is 0 Å². The molecule has 0 saturated heterocycles. The molecule has 2 aliphatic rings. The van der Waals surface area contributed by atoms with Crippen LogP contribution in [-0.4, -0.2) is 45.1 Å². The zero-order valence-corrected chi connectivity index (χ0v) is 18.1. The van der Waals surface area contributed by atoms with E-state index in [9.17, 15) is 26.8 Å². The van der Waals surface area contributed by atoms with Crippen LogP contribution in [0.4, 0.5) is 8.78 Å². The van der Waals surface area contributed by atoms with Gasteiger partial charge >= 0.3 is 11.9 Å². The van der Waals surface area contributed by atoms with Gasteiger partial charge in [0, 0.05) is 25.5 Å². The van der Waals surface area contributed by atoms with Crippen molar-refractivity contribution in [2.24, 2.45) is 16.7 Å². The van der Waals surface area contributed by atoms with E-state index in [4.69, 9.17) is 4.18 Å². The van der Waals surface area contributed by atoms with Crippen LogP contribution in [0.1, 0.15) is 40.0 Å². The number of aromatic amines is 1. The number of fused-ring (bicyclic) bond motifs is 2. The summed E-state index contributed by atoms with van der Waals surface area (Å²) >= 11 is 0. The standard InChI is InChI=1S/C15H22F2O6S.C5H5N/c1-13(2)10-4-5-15(13,11(18)8-10)9-24(20,21)23-7-6-22-12(19)14(3,16)17;1-2-4-6-5-3-1/h10H,4-9H2,1-3H3;1-5H/p+1. The maximum Gasteiger partial charge on any atom is 0.376 e. The number of ether oxygens (including phenoxy) is 1. The minimum Gasteiger partial charge on any atom is -0.459 e. The fraction of sp³-hybridized carbons (Fsp3) is 0.650. The first-order valence-corrected chi connectivity index (χ1v) is 11.3. The molecule has 2 aliphatic carbocycles. The number of H-pyrrole nitrogens is 1. The van der Waals surface area contributed by atoms with Crippen LogP contribution in [0.25, 0.3) is 0 Å². The van der Waals surface area contributed by atoms with Crippen molar-refractivity contribution in [1.29, 1.82) is 0 Å². The van der Waals surface area contributed by atoms with E-state index in [-0.39, 0.29) is 11.7 Å². The van der Waals surface area contributed by atoms with Crippen molar-refractivity contribution in [3.63, 3.8) is 0 Å². The van der Waals surface area contributed by atoms with E-state index in [2.05, 4.69) is 9.72 Å². The van der Waals surface area contributed by atoms with Gasteiger partial charge in [-0.05, 0) is 24.2 Å². The Labute approximate surface area is 175 Å². The van der Waals surface area contributed by atoms with Crippen LogP contribution in [0.2, 0.25) is 0 Å². The number of pyridine rings is 1. The fourth-order valence-electron chi connectivity index (χ4n) is 4.22. The summed E-state index contributed by atoms with van der Waals surface area (Å²) in [5.74, 6) is -5.70. The number of nitrogens with one attached hydrogen (secondary N) is 1. The Kier molecular flexibility index (Phi) is 7.34. The van der Waals surface area contributed by atoms with Crippen molar-refractivity contribution in [1.82, 2.24) is 0 Å². The van der Waals surface area contributed by atoms with Gasteiger partial charge in [0.2, 0.25) is 0 Å². The van der Waals surface area contributed by atoms with Crippen molar-refractivity contribution in [2.45, 2.75) is 46.0 Å². The largest absolute Gasteiger partial charge is 0.459 e. The molecule has 2 saturated carbocycles. The van der Waals surface area contributed by atoms with E-state index in [1.54, 1.807) is 0 Å². The summed E-state index contributed by atoms with van der Waals surface area (Å²) in [7, 11) is -4.05. The van der Waals surface area contributed by atoms with Crippen LogP contribution in [0, 0.1) is 16.7 Å². The second-order valence-corrected chi connectivity index (χ2v) is 9.93. The Morgan fingerprint density at radius 3 is 2.27 bits per heavy atom. The molecule has 2 bridgehead atoms. The van der Waals surface area contributed by atoms with Crippen molar-refractivity contribution in [3.05, 3.63) is 30.6 Å². The lowest BCUT2D eigenvalue weighted by Gasteiger charge is -2.35.